The van der Waals surface area contributed by atoms with E-state index in [0.717, 1.165) is 33.3 Å². The zero-order valence-electron chi connectivity index (χ0n) is 55.0. The second-order valence-corrected chi connectivity index (χ2v) is 28.0. The fraction of sp³-hybridized carbons (Fsp3) is 0.212. The van der Waals surface area contributed by atoms with Crippen molar-refractivity contribution in [3.8, 4) is 56.9 Å². The van der Waals surface area contributed by atoms with E-state index >= 15 is 0 Å². The summed E-state index contributed by atoms with van der Waals surface area (Å²) in [4.78, 5) is 51.4. The van der Waals surface area contributed by atoms with E-state index in [1.54, 1.807) is 16.7 Å². The molecule has 6 aromatic carbocycles. The lowest BCUT2D eigenvalue weighted by atomic mass is 9.77. The molecule has 24 nitrogen and oxygen atoms in total. The minimum atomic E-state index is -4.85. The molecule has 13 rings (SSSR count). The van der Waals surface area contributed by atoms with Crippen LogP contribution in [0.2, 0.25) is 5.28 Å². The molecule has 1 fully saturated rings. The fourth-order valence-electron chi connectivity index (χ4n) is 10.5. The molecular formula is C66H56BClF8N12O12S2. The molecule has 0 unspecified atom stereocenters. The quantitative estimate of drug-likeness (QED) is 0.0581. The van der Waals surface area contributed by atoms with Gasteiger partial charge in [0.2, 0.25) is 25.3 Å². The number of fused-ring (bicyclic) bond motifs is 4. The number of hydrogen-bond donors (Lipinski definition) is 2. The molecule has 1 aliphatic rings. The van der Waals surface area contributed by atoms with Crippen LogP contribution in [-0.2, 0) is 29.4 Å². The van der Waals surface area contributed by atoms with Crippen LogP contribution < -0.4 is 34.2 Å². The second-order valence-electron chi connectivity index (χ2n) is 23.7. The van der Waals surface area contributed by atoms with Crippen LogP contribution in [0.25, 0.3) is 89.7 Å². The summed E-state index contributed by atoms with van der Waals surface area (Å²) in [6.45, 7) is 7.58. The normalized spacial score (nSPS) is 13.7. The average Bonchev–Trinajstić information content (AvgIpc) is 1.57. The van der Waals surface area contributed by atoms with E-state index in [4.69, 9.17) is 29.7 Å². The third-order valence-corrected chi connectivity index (χ3v) is 19.0. The Balaban J connectivity index is 0.000000164. The molecule has 0 spiro atoms. The Bertz CT molecular complexity index is 5440. The van der Waals surface area contributed by atoms with E-state index in [1.165, 1.54) is 155 Å². The number of imidazole rings is 2. The van der Waals surface area contributed by atoms with E-state index in [1.807, 2.05) is 27.7 Å². The number of hydrogen-bond acceptors (Lipinski definition) is 18. The maximum absolute atomic E-state index is 13.7. The summed E-state index contributed by atoms with van der Waals surface area (Å²) in [6, 6.07) is 27.5. The molecule has 102 heavy (non-hydrogen) atoms. The first kappa shape index (κ1) is 72.5. The van der Waals surface area contributed by atoms with Crippen LogP contribution in [0.4, 0.5) is 46.5 Å². The van der Waals surface area contributed by atoms with Gasteiger partial charge in [0.1, 0.15) is 69.5 Å². The van der Waals surface area contributed by atoms with Crippen LogP contribution in [-0.4, -0.2) is 139 Å². The Morgan fingerprint density at radius 2 is 0.971 bits per heavy atom. The first-order valence-corrected chi connectivity index (χ1v) is 34.1. The molecule has 0 atom stereocenters. The summed E-state index contributed by atoms with van der Waals surface area (Å²) in [5, 5.41) is 5.99. The van der Waals surface area contributed by atoms with Crippen molar-refractivity contribution in [1.29, 1.82) is 0 Å². The summed E-state index contributed by atoms with van der Waals surface area (Å²) < 4.78 is 189. The number of anilines is 2. The second kappa shape index (κ2) is 27.3. The third kappa shape index (κ3) is 15.1. The van der Waals surface area contributed by atoms with Gasteiger partial charge in [0.15, 0.2) is 17.1 Å². The van der Waals surface area contributed by atoms with E-state index in [-0.39, 0.29) is 67.6 Å². The molecule has 0 aliphatic carbocycles. The maximum atomic E-state index is 13.7. The topological polar surface area (TPSA) is 283 Å². The first-order valence-electron chi connectivity index (χ1n) is 30.0. The molecular weight excluding hydrogens is 1420 g/mol. The highest BCUT2D eigenvalue weighted by Crippen LogP contribution is 2.43. The van der Waals surface area contributed by atoms with Crippen LogP contribution in [0.3, 0.4) is 0 Å². The standard InChI is InChI=1S/C30H22F4N6O5S.C24H28BFN2O6S.C12H6ClF3N4O/c1-35-29(41)25-21-12-20(23(39(2)46(3,42)43)13-24(21)44-26(25)16-4-6-17(31)7-5-16)27-36-14-22-28(38-27)40(15-37-22)18-8-10-19(11-9-18)45-30(32,33)34;1-23(2)24(3,4)34-25(33-23)17-12-16-19(13-18(17)28(6)35(7,30)31)32-21(20(16)22(29)27-5)14-8-10-15(26)11-9-14;13-11-17-5-9-10(19-11)20(6-18-9)7-1-3-8(4-2-7)21-12(14,15)16/h4-15H,1-3H3,(H,35,41);8-13H,1-7H3,(H,27,29);1-6H. The van der Waals surface area contributed by atoms with Crippen molar-refractivity contribution in [2.24, 2.45) is 0 Å². The summed E-state index contributed by atoms with van der Waals surface area (Å²) in [5.74, 6) is -2.14. The van der Waals surface area contributed by atoms with Crippen molar-refractivity contribution in [1.82, 2.24) is 49.7 Å². The molecule has 12 aromatic rings. The lowest BCUT2D eigenvalue weighted by Gasteiger charge is -2.32. The van der Waals surface area contributed by atoms with Crippen molar-refractivity contribution in [3.05, 3.63) is 174 Å². The van der Waals surface area contributed by atoms with E-state index < -0.39 is 80.3 Å². The predicted molar refractivity (Wildman–Crippen MR) is 363 cm³/mol. The number of nitrogens with zero attached hydrogens (tertiary/aromatic N) is 10. The number of carbonyl (C=O) groups excluding carboxylic acids is 2. The van der Waals surface area contributed by atoms with Gasteiger partial charge in [-0.1, -0.05) is 0 Å². The lowest BCUT2D eigenvalue weighted by Crippen LogP contribution is -2.41. The smallest absolute Gasteiger partial charge is 0.455 e. The molecule has 0 bridgehead atoms. The zero-order chi connectivity index (χ0) is 73.9. The van der Waals surface area contributed by atoms with Gasteiger partial charge in [-0.25, -0.2) is 50.5 Å². The highest BCUT2D eigenvalue weighted by Gasteiger charge is 2.53. The number of benzene rings is 6. The van der Waals surface area contributed by atoms with Crippen LogP contribution in [0.15, 0.2) is 155 Å². The SMILES string of the molecule is CNC(=O)c1c(-c2ccc(F)cc2)oc2cc(N(C)S(C)(=O)=O)c(-c3ncc4ncn(-c5ccc(OC(F)(F)F)cc5)c4n3)cc12.CNC(=O)c1c(-c2ccc(F)cc2)oc2cc(N(C)S(C)(=O)=O)c(B3OC(C)(C)C(C)(C)O3)cc12.FC(F)(F)Oc1ccc(-n2cnc3cnc(Cl)nc32)cc1. The molecule has 2 N–H and O–H groups in total. The Kier molecular flexibility index (Phi) is 19.4. The van der Waals surface area contributed by atoms with Gasteiger partial charge in [0.25, 0.3) is 11.8 Å². The zero-order valence-corrected chi connectivity index (χ0v) is 57.4. The van der Waals surface area contributed by atoms with Crippen molar-refractivity contribution < 1.29 is 89.2 Å². The molecule has 1 aliphatic heterocycles. The monoisotopic (exact) mass is 1470 g/mol. The van der Waals surface area contributed by atoms with Crippen molar-refractivity contribution in [2.45, 2.75) is 51.6 Å². The minimum absolute atomic E-state index is 0.0473. The number of rotatable bonds is 14. The van der Waals surface area contributed by atoms with Gasteiger partial charge in [0.05, 0.1) is 58.6 Å². The highest BCUT2D eigenvalue weighted by atomic mass is 35.5. The van der Waals surface area contributed by atoms with Gasteiger partial charge in [-0.05, 0) is 148 Å². The summed E-state index contributed by atoms with van der Waals surface area (Å²) in [7, 11) is -2.70. The van der Waals surface area contributed by atoms with Gasteiger partial charge in [-0.2, -0.15) is 4.98 Å². The first-order chi connectivity index (χ1) is 47.8. The van der Waals surface area contributed by atoms with Gasteiger partial charge in [-0.3, -0.25) is 27.3 Å². The summed E-state index contributed by atoms with van der Waals surface area (Å²) >= 11 is 5.72. The van der Waals surface area contributed by atoms with E-state index in [9.17, 15) is 61.5 Å². The number of nitrogens with one attached hydrogen (secondary N) is 2. The predicted octanol–water partition coefficient (Wildman–Crippen LogP) is 12.3. The van der Waals surface area contributed by atoms with Crippen LogP contribution in [0.5, 0.6) is 11.5 Å². The number of furan rings is 2. The molecule has 0 radical (unpaired) electrons. The molecule has 6 aromatic heterocycles. The minimum Gasteiger partial charge on any atom is -0.455 e. The Labute approximate surface area is 580 Å². The number of aromatic nitrogens is 8. The Morgan fingerprint density at radius 1 is 0.569 bits per heavy atom. The number of sulfonamides is 2. The molecule has 0 saturated carbocycles. The number of alkyl halides is 6. The van der Waals surface area contributed by atoms with E-state index in [2.05, 4.69) is 50.0 Å². The maximum Gasteiger partial charge on any atom is 0.573 e. The summed E-state index contributed by atoms with van der Waals surface area (Å²) in [6.07, 6.45) is -1.72. The van der Waals surface area contributed by atoms with Crippen LogP contribution in [0.1, 0.15) is 48.4 Å². The average molecular weight is 1470 g/mol. The number of amides is 2. The Morgan fingerprint density at radius 3 is 1.39 bits per heavy atom. The van der Waals surface area contributed by atoms with Gasteiger partial charge in [0, 0.05) is 84.6 Å². The number of ether oxygens (including phenoxy) is 2. The highest BCUT2D eigenvalue weighted by molar-refractivity contribution is 7.92. The van der Waals surface area contributed by atoms with Crippen LogP contribution in [0, 0.1) is 11.6 Å². The molecule has 530 valence electrons. The molecule has 1 saturated heterocycles. The van der Waals surface area contributed by atoms with Gasteiger partial charge >= 0.3 is 19.8 Å². The van der Waals surface area contributed by atoms with Gasteiger partial charge < -0.3 is 38.3 Å². The molecule has 36 heteroatoms. The van der Waals surface area contributed by atoms with Crippen LogP contribution >= 0.6 is 11.6 Å². The number of carbonyl (C=O) groups is 2. The largest absolute Gasteiger partial charge is 0.573 e. The van der Waals surface area contributed by atoms with Crippen molar-refractivity contribution in [2.75, 3.05) is 49.3 Å². The van der Waals surface area contributed by atoms with Gasteiger partial charge in [-0.15, -0.1) is 26.3 Å². The molecule has 7 heterocycles. The summed E-state index contributed by atoms with van der Waals surface area (Å²) in [5.41, 5.74) is 3.97. The van der Waals surface area contributed by atoms with Crippen molar-refractivity contribution in [3.63, 3.8) is 0 Å². The fourth-order valence-corrected chi connectivity index (χ4v) is 11.7. The number of halogens is 9. The molecule has 2 amide bonds. The Hall–Kier alpha value is -10.7. The van der Waals surface area contributed by atoms with E-state index in [0.29, 0.717) is 61.1 Å². The van der Waals surface area contributed by atoms with Crippen molar-refractivity contribution >= 4 is 112 Å². The third-order valence-electron chi connectivity index (χ3n) is 16.4. The lowest BCUT2D eigenvalue weighted by molar-refractivity contribution is -0.275.